The van der Waals surface area contributed by atoms with Gasteiger partial charge in [-0.15, -0.1) is 11.3 Å². The Labute approximate surface area is 183 Å². The van der Waals surface area contributed by atoms with Gasteiger partial charge in [-0.2, -0.15) is 0 Å². The van der Waals surface area contributed by atoms with E-state index in [1.54, 1.807) is 13.0 Å². The minimum absolute atomic E-state index is 0.105. The van der Waals surface area contributed by atoms with Gasteiger partial charge >= 0.3 is 0 Å². The van der Waals surface area contributed by atoms with E-state index in [1.165, 1.54) is 24.2 Å². The number of rotatable bonds is 6. The quantitative estimate of drug-likeness (QED) is 0.664. The smallest absolute Gasteiger partial charge is 0.254 e. The van der Waals surface area contributed by atoms with Crippen molar-refractivity contribution in [2.45, 2.75) is 55.8 Å². The summed E-state index contributed by atoms with van der Waals surface area (Å²) in [5, 5.41) is 0. The number of carbonyl (C=O) groups excluding carboxylic acids is 1. The fourth-order valence-electron chi connectivity index (χ4n) is 4.56. The molecule has 0 radical (unpaired) electrons. The highest BCUT2D eigenvalue weighted by Gasteiger charge is 2.33. The summed E-state index contributed by atoms with van der Waals surface area (Å²) in [6.45, 7) is 6.90. The molecule has 30 heavy (non-hydrogen) atoms. The van der Waals surface area contributed by atoms with Crippen LogP contribution in [0.3, 0.4) is 0 Å². The first-order chi connectivity index (χ1) is 14.4. The molecule has 0 unspecified atom stereocenters. The summed E-state index contributed by atoms with van der Waals surface area (Å²) in [6, 6.07) is 12.0. The molecule has 1 aromatic heterocycles. The predicted octanol–water partition coefficient (Wildman–Crippen LogP) is 4.30. The molecule has 162 valence electrons. The average molecular weight is 447 g/mol. The Morgan fingerprint density at radius 3 is 2.47 bits per heavy atom. The number of nitrogens with zero attached hydrogens (tertiary/aromatic N) is 2. The first-order valence-corrected chi connectivity index (χ1v) is 13.3. The molecule has 1 aromatic carbocycles. The Hall–Kier alpha value is -1.70. The van der Waals surface area contributed by atoms with Crippen molar-refractivity contribution >= 4 is 27.1 Å². The van der Waals surface area contributed by atoms with Crippen molar-refractivity contribution in [2.75, 3.05) is 25.4 Å². The first-order valence-electron chi connectivity index (χ1n) is 10.9. The maximum absolute atomic E-state index is 13.2. The van der Waals surface area contributed by atoms with Gasteiger partial charge in [-0.05, 0) is 69.0 Å². The monoisotopic (exact) mass is 446 g/mol. The molecule has 5 nitrogen and oxygen atoms in total. The van der Waals surface area contributed by atoms with Gasteiger partial charge in [0.2, 0.25) is 0 Å². The van der Waals surface area contributed by atoms with Gasteiger partial charge in [0.05, 0.1) is 5.75 Å². The lowest BCUT2D eigenvalue weighted by Crippen LogP contribution is -2.44. The lowest BCUT2D eigenvalue weighted by atomic mass is 10.1. The number of hydrogen-bond donors (Lipinski definition) is 0. The van der Waals surface area contributed by atoms with Crippen molar-refractivity contribution < 1.29 is 13.2 Å². The van der Waals surface area contributed by atoms with Crippen molar-refractivity contribution in [2.24, 2.45) is 0 Å². The van der Waals surface area contributed by atoms with E-state index < -0.39 is 9.84 Å². The Bertz CT molecular complexity index is 998. The van der Waals surface area contributed by atoms with Crippen LogP contribution in [0.4, 0.5) is 0 Å². The summed E-state index contributed by atoms with van der Waals surface area (Å²) >= 11 is 1.29. The molecular formula is C23H30N2O3S2. The molecule has 2 fully saturated rings. The summed E-state index contributed by atoms with van der Waals surface area (Å²) in [5.41, 5.74) is 1.65. The third-order valence-corrected chi connectivity index (χ3v) is 9.91. The lowest BCUT2D eigenvalue weighted by molar-refractivity contribution is 0.0696. The SMILES string of the molecule is CCS(=O)(=O)c1ccc(-c2ccc(C(=O)N3CCC[C@H]3CN3CCC[C@H]3C)cc2)s1. The van der Waals surface area contributed by atoms with Crippen molar-refractivity contribution in [3.05, 3.63) is 42.0 Å². The molecule has 0 aliphatic carbocycles. The largest absolute Gasteiger partial charge is 0.334 e. The van der Waals surface area contributed by atoms with Crippen molar-refractivity contribution in [3.63, 3.8) is 0 Å². The Morgan fingerprint density at radius 1 is 1.07 bits per heavy atom. The molecule has 1 amide bonds. The maximum Gasteiger partial charge on any atom is 0.254 e. The van der Waals surface area contributed by atoms with Crippen molar-refractivity contribution in [1.29, 1.82) is 0 Å². The molecule has 2 aliphatic heterocycles. The molecule has 4 rings (SSSR count). The standard InChI is InChI=1S/C23H30N2O3S2/c1-3-30(27,28)22-13-12-21(29-22)18-8-10-19(11-9-18)23(26)25-15-5-7-20(25)16-24-14-4-6-17(24)2/h8-13,17,20H,3-7,14-16H2,1-2H3/t17-,20+/m1/s1. The number of carbonyl (C=O) groups is 1. The van der Waals surface area contributed by atoms with Gasteiger partial charge in [-0.25, -0.2) is 8.42 Å². The van der Waals surface area contributed by atoms with E-state index in [0.717, 1.165) is 42.9 Å². The minimum Gasteiger partial charge on any atom is -0.334 e. The van der Waals surface area contributed by atoms with Gasteiger partial charge in [0.1, 0.15) is 4.21 Å². The second kappa shape index (κ2) is 8.81. The molecule has 0 spiro atoms. The number of hydrogen-bond acceptors (Lipinski definition) is 5. The number of thiophene rings is 1. The van der Waals surface area contributed by atoms with E-state index >= 15 is 0 Å². The molecule has 2 aliphatic rings. The minimum atomic E-state index is -3.18. The van der Waals surface area contributed by atoms with E-state index in [2.05, 4.69) is 16.7 Å². The molecule has 2 atom stereocenters. The highest BCUT2D eigenvalue weighted by Crippen LogP contribution is 2.32. The summed E-state index contributed by atoms with van der Waals surface area (Å²) in [4.78, 5) is 18.6. The zero-order valence-corrected chi connectivity index (χ0v) is 19.3. The van der Waals surface area contributed by atoms with Crippen LogP contribution in [-0.2, 0) is 9.84 Å². The summed E-state index contributed by atoms with van der Waals surface area (Å²) in [6.07, 6.45) is 4.66. The summed E-state index contributed by atoms with van der Waals surface area (Å²) in [7, 11) is -3.18. The molecule has 3 heterocycles. The molecule has 0 bridgehead atoms. The fourth-order valence-corrected chi connectivity index (χ4v) is 6.99. The number of sulfone groups is 1. The van der Waals surface area contributed by atoms with Crippen LogP contribution in [0.15, 0.2) is 40.6 Å². The van der Waals surface area contributed by atoms with Crippen LogP contribution in [0, 0.1) is 0 Å². The van der Waals surface area contributed by atoms with Crippen LogP contribution >= 0.6 is 11.3 Å². The van der Waals surface area contributed by atoms with Crippen LogP contribution in [-0.4, -0.2) is 61.6 Å². The van der Waals surface area contributed by atoms with Crippen LogP contribution in [0.5, 0.6) is 0 Å². The van der Waals surface area contributed by atoms with E-state index in [4.69, 9.17) is 0 Å². The van der Waals surface area contributed by atoms with Crippen molar-refractivity contribution in [1.82, 2.24) is 9.80 Å². The Balaban J connectivity index is 1.46. The fraction of sp³-hybridized carbons (Fsp3) is 0.522. The van der Waals surface area contributed by atoms with Crippen LogP contribution in [0.25, 0.3) is 10.4 Å². The van der Waals surface area contributed by atoms with Gasteiger partial charge < -0.3 is 4.90 Å². The van der Waals surface area contributed by atoms with E-state index in [1.807, 2.05) is 30.3 Å². The van der Waals surface area contributed by atoms with Crippen LogP contribution in [0.2, 0.25) is 0 Å². The zero-order valence-electron chi connectivity index (χ0n) is 17.7. The predicted molar refractivity (Wildman–Crippen MR) is 122 cm³/mol. The molecule has 7 heteroatoms. The van der Waals surface area contributed by atoms with Gasteiger partial charge in [0.25, 0.3) is 5.91 Å². The highest BCUT2D eigenvalue weighted by atomic mass is 32.2. The van der Waals surface area contributed by atoms with Gasteiger partial charge in [0, 0.05) is 35.6 Å². The second-order valence-electron chi connectivity index (χ2n) is 8.38. The number of benzene rings is 1. The van der Waals surface area contributed by atoms with Gasteiger partial charge in [-0.1, -0.05) is 19.1 Å². The normalized spacial score (nSPS) is 22.7. The summed E-state index contributed by atoms with van der Waals surface area (Å²) < 4.78 is 24.5. The molecule has 2 saturated heterocycles. The Morgan fingerprint density at radius 2 is 1.80 bits per heavy atom. The summed E-state index contributed by atoms with van der Waals surface area (Å²) in [5.74, 6) is 0.212. The second-order valence-corrected chi connectivity index (χ2v) is 12.0. The van der Waals surface area contributed by atoms with Gasteiger partial charge in [-0.3, -0.25) is 9.69 Å². The molecule has 2 aromatic rings. The lowest BCUT2D eigenvalue weighted by Gasteiger charge is -2.30. The average Bonchev–Trinajstić information content (AvgIpc) is 3.50. The Kier molecular flexibility index (Phi) is 6.32. The molecular weight excluding hydrogens is 416 g/mol. The highest BCUT2D eigenvalue weighted by molar-refractivity contribution is 7.93. The van der Waals surface area contributed by atoms with E-state index in [0.29, 0.717) is 21.9 Å². The van der Waals surface area contributed by atoms with Crippen LogP contribution in [0.1, 0.15) is 49.9 Å². The number of likely N-dealkylation sites (tertiary alicyclic amines) is 2. The molecule has 0 saturated carbocycles. The van der Waals surface area contributed by atoms with E-state index in [-0.39, 0.29) is 11.7 Å². The third-order valence-electron chi connectivity index (χ3n) is 6.46. The topological polar surface area (TPSA) is 57.7 Å². The molecule has 0 N–H and O–H groups in total. The zero-order chi connectivity index (χ0) is 21.3. The number of amides is 1. The van der Waals surface area contributed by atoms with E-state index in [9.17, 15) is 13.2 Å². The van der Waals surface area contributed by atoms with Gasteiger partial charge in [0.15, 0.2) is 9.84 Å². The first kappa shape index (κ1) is 21.5. The van der Waals surface area contributed by atoms with Crippen molar-refractivity contribution in [3.8, 4) is 10.4 Å². The maximum atomic E-state index is 13.2. The third kappa shape index (κ3) is 4.34. The van der Waals surface area contributed by atoms with Crippen LogP contribution < -0.4 is 0 Å².